The molecule has 1 atom stereocenters. The van der Waals surface area contributed by atoms with Crippen LogP contribution >= 0.6 is 11.3 Å². The Labute approximate surface area is 179 Å². The number of benzene rings is 1. The van der Waals surface area contributed by atoms with Crippen LogP contribution in [0.2, 0.25) is 0 Å². The topological polar surface area (TPSA) is 101 Å². The van der Waals surface area contributed by atoms with Gasteiger partial charge < -0.3 is 4.90 Å². The van der Waals surface area contributed by atoms with Crippen molar-refractivity contribution in [3.63, 3.8) is 0 Å². The standard InChI is InChI=1S/C20H23N3O5S2/c1-14-6-7-17-15(12-14)13-18(29-17)20(24)21-8-10-22(11-9-21)30(27,28)19-5-3-2-4-16(19)23(25)26/h2-5,13-14H,6-12H2,1H3. The summed E-state index contributed by atoms with van der Waals surface area (Å²) in [6.07, 6.45) is 3.15. The van der Waals surface area contributed by atoms with Crippen molar-refractivity contribution in [3.05, 3.63) is 55.8 Å². The zero-order valence-corrected chi connectivity index (χ0v) is 18.2. The fraction of sp³-hybridized carbons (Fsp3) is 0.450. The van der Waals surface area contributed by atoms with Crippen molar-refractivity contribution in [1.82, 2.24) is 9.21 Å². The van der Waals surface area contributed by atoms with Crippen LogP contribution in [-0.2, 0) is 22.9 Å². The van der Waals surface area contributed by atoms with Gasteiger partial charge in [-0.15, -0.1) is 11.3 Å². The number of carbonyl (C=O) groups is 1. The lowest BCUT2D eigenvalue weighted by molar-refractivity contribution is -0.387. The maximum atomic E-state index is 12.9. The molecule has 1 amide bonds. The molecule has 1 fully saturated rings. The third kappa shape index (κ3) is 3.86. The molecule has 1 aliphatic carbocycles. The Morgan fingerprint density at radius 1 is 1.20 bits per heavy atom. The lowest BCUT2D eigenvalue weighted by Crippen LogP contribution is -2.50. The average Bonchev–Trinajstić information content (AvgIpc) is 3.16. The first kappa shape index (κ1) is 21.0. The molecule has 8 nitrogen and oxygen atoms in total. The summed E-state index contributed by atoms with van der Waals surface area (Å²) >= 11 is 1.55. The van der Waals surface area contributed by atoms with Crippen LogP contribution in [0.1, 0.15) is 33.5 Å². The molecule has 1 aromatic heterocycles. The number of rotatable bonds is 4. The van der Waals surface area contributed by atoms with Gasteiger partial charge in [-0.3, -0.25) is 14.9 Å². The summed E-state index contributed by atoms with van der Waals surface area (Å²) in [4.78, 5) is 26.8. The molecule has 2 aliphatic rings. The molecule has 10 heteroatoms. The van der Waals surface area contributed by atoms with E-state index in [2.05, 4.69) is 6.92 Å². The number of nitro benzene ring substituents is 1. The molecule has 1 aliphatic heterocycles. The van der Waals surface area contributed by atoms with E-state index in [-0.39, 0.29) is 37.0 Å². The first-order valence-electron chi connectivity index (χ1n) is 9.92. The van der Waals surface area contributed by atoms with Crippen LogP contribution in [0, 0.1) is 16.0 Å². The molecular formula is C20H23N3O5S2. The molecule has 30 heavy (non-hydrogen) atoms. The van der Waals surface area contributed by atoms with Gasteiger partial charge in [-0.2, -0.15) is 4.31 Å². The number of hydrogen-bond donors (Lipinski definition) is 0. The number of amides is 1. The molecule has 0 spiro atoms. The van der Waals surface area contributed by atoms with Gasteiger partial charge >= 0.3 is 0 Å². The minimum Gasteiger partial charge on any atom is -0.335 e. The fourth-order valence-corrected chi connectivity index (χ4v) is 6.82. The number of nitrogens with zero attached hydrogens (tertiary/aromatic N) is 3. The highest BCUT2D eigenvalue weighted by Crippen LogP contribution is 2.33. The maximum Gasteiger partial charge on any atom is 0.289 e. The molecule has 2 heterocycles. The fourth-order valence-electron chi connectivity index (χ4n) is 4.06. The van der Waals surface area contributed by atoms with Gasteiger partial charge in [0.1, 0.15) is 0 Å². The lowest BCUT2D eigenvalue weighted by atomic mass is 9.90. The summed E-state index contributed by atoms with van der Waals surface area (Å²) in [5.41, 5.74) is 0.828. The summed E-state index contributed by atoms with van der Waals surface area (Å²) < 4.78 is 27.1. The van der Waals surface area contributed by atoms with Gasteiger partial charge in [-0.1, -0.05) is 19.1 Å². The van der Waals surface area contributed by atoms with Crippen molar-refractivity contribution in [3.8, 4) is 0 Å². The number of sulfonamides is 1. The highest BCUT2D eigenvalue weighted by Gasteiger charge is 2.35. The molecule has 1 unspecified atom stereocenters. The van der Waals surface area contributed by atoms with Crippen LogP contribution in [-0.4, -0.2) is 54.6 Å². The SMILES string of the molecule is CC1CCc2sc(C(=O)N3CCN(S(=O)(=O)c4ccccc4[N+](=O)[O-])CC3)cc2C1. The van der Waals surface area contributed by atoms with Crippen molar-refractivity contribution >= 4 is 33.0 Å². The van der Waals surface area contributed by atoms with Crippen LogP contribution < -0.4 is 0 Å². The molecule has 0 N–H and O–H groups in total. The number of thiophene rings is 1. The number of carbonyl (C=O) groups excluding carboxylic acids is 1. The Morgan fingerprint density at radius 3 is 2.60 bits per heavy atom. The van der Waals surface area contributed by atoms with E-state index >= 15 is 0 Å². The summed E-state index contributed by atoms with van der Waals surface area (Å²) in [7, 11) is -4.00. The van der Waals surface area contributed by atoms with Crippen LogP contribution in [0.25, 0.3) is 0 Å². The first-order valence-corrected chi connectivity index (χ1v) is 12.2. The molecule has 4 rings (SSSR count). The molecule has 0 radical (unpaired) electrons. The number of para-hydroxylation sites is 1. The molecule has 1 saturated heterocycles. The number of hydrogen-bond acceptors (Lipinski definition) is 6. The Bertz CT molecular complexity index is 1090. The number of fused-ring (bicyclic) bond motifs is 1. The second-order valence-electron chi connectivity index (χ2n) is 7.83. The van der Waals surface area contributed by atoms with E-state index in [9.17, 15) is 23.3 Å². The van der Waals surface area contributed by atoms with Crippen molar-refractivity contribution < 1.29 is 18.1 Å². The second kappa shape index (κ2) is 8.09. The molecule has 0 saturated carbocycles. The minimum absolute atomic E-state index is 0.0650. The summed E-state index contributed by atoms with van der Waals surface area (Å²) in [5, 5.41) is 11.2. The van der Waals surface area contributed by atoms with Gasteiger partial charge in [0.2, 0.25) is 10.0 Å². The Morgan fingerprint density at radius 2 is 1.90 bits per heavy atom. The van der Waals surface area contributed by atoms with Crippen molar-refractivity contribution in [1.29, 1.82) is 0 Å². The third-order valence-corrected chi connectivity index (χ3v) is 8.92. The van der Waals surface area contributed by atoms with E-state index in [1.807, 2.05) is 6.07 Å². The minimum atomic E-state index is -4.00. The van der Waals surface area contributed by atoms with Crippen LogP contribution in [0.4, 0.5) is 5.69 Å². The van der Waals surface area contributed by atoms with Crippen LogP contribution in [0.3, 0.4) is 0 Å². The first-order chi connectivity index (χ1) is 14.3. The molecule has 1 aromatic carbocycles. The summed E-state index contributed by atoms with van der Waals surface area (Å²) in [5.74, 6) is 0.565. The third-order valence-electron chi connectivity index (χ3n) is 5.75. The van der Waals surface area contributed by atoms with Crippen molar-refractivity contribution in [2.75, 3.05) is 26.2 Å². The van der Waals surface area contributed by atoms with E-state index in [0.717, 1.165) is 19.3 Å². The van der Waals surface area contributed by atoms with Gasteiger partial charge in [-0.05, 0) is 42.9 Å². The second-order valence-corrected chi connectivity index (χ2v) is 10.9. The summed E-state index contributed by atoms with van der Waals surface area (Å²) in [6.45, 7) is 2.97. The van der Waals surface area contributed by atoms with Crippen molar-refractivity contribution in [2.24, 2.45) is 5.92 Å². The zero-order chi connectivity index (χ0) is 21.5. The van der Waals surface area contributed by atoms with Crippen molar-refractivity contribution in [2.45, 2.75) is 31.1 Å². The quantitative estimate of drug-likeness (QED) is 0.528. The van der Waals surface area contributed by atoms with E-state index in [4.69, 9.17) is 0 Å². The van der Waals surface area contributed by atoms with E-state index in [1.165, 1.54) is 39.0 Å². The summed E-state index contributed by atoms with van der Waals surface area (Å²) in [6, 6.07) is 7.34. The molecule has 0 bridgehead atoms. The Hall–Kier alpha value is -2.30. The maximum absolute atomic E-state index is 12.9. The molecule has 2 aromatic rings. The predicted molar refractivity (Wildman–Crippen MR) is 113 cm³/mol. The monoisotopic (exact) mass is 449 g/mol. The average molecular weight is 450 g/mol. The van der Waals surface area contributed by atoms with Gasteiger partial charge in [-0.25, -0.2) is 8.42 Å². The van der Waals surface area contributed by atoms with Gasteiger partial charge in [0.05, 0.1) is 9.80 Å². The molecular weight excluding hydrogens is 426 g/mol. The highest BCUT2D eigenvalue weighted by molar-refractivity contribution is 7.89. The van der Waals surface area contributed by atoms with E-state index in [0.29, 0.717) is 10.8 Å². The van der Waals surface area contributed by atoms with E-state index < -0.39 is 20.6 Å². The highest BCUT2D eigenvalue weighted by atomic mass is 32.2. The normalized spacial score (nSPS) is 20.0. The van der Waals surface area contributed by atoms with Crippen LogP contribution in [0.15, 0.2) is 35.2 Å². The van der Waals surface area contributed by atoms with E-state index in [1.54, 1.807) is 16.2 Å². The number of aryl methyl sites for hydroxylation is 1. The van der Waals surface area contributed by atoms with Crippen LogP contribution in [0.5, 0.6) is 0 Å². The zero-order valence-electron chi connectivity index (χ0n) is 16.6. The van der Waals surface area contributed by atoms with Gasteiger partial charge in [0.15, 0.2) is 4.90 Å². The number of piperazine rings is 1. The Balaban J connectivity index is 1.46. The lowest BCUT2D eigenvalue weighted by Gasteiger charge is -2.33. The molecule has 160 valence electrons. The number of nitro groups is 1. The van der Waals surface area contributed by atoms with Gasteiger partial charge in [0.25, 0.3) is 11.6 Å². The van der Waals surface area contributed by atoms with Gasteiger partial charge in [0, 0.05) is 37.1 Å². The smallest absolute Gasteiger partial charge is 0.289 e. The predicted octanol–water partition coefficient (Wildman–Crippen LogP) is 2.93. The largest absolute Gasteiger partial charge is 0.335 e. The Kier molecular flexibility index (Phi) is 5.65.